The topological polar surface area (TPSA) is 36.8 Å². The zero-order chi connectivity index (χ0) is 11.3. The van der Waals surface area contributed by atoms with Crippen molar-refractivity contribution < 1.29 is 0 Å². The molecular weight excluding hydrogens is 202 g/mol. The molecule has 15 heavy (non-hydrogen) atoms. The van der Waals surface area contributed by atoms with Crippen LogP contribution in [-0.2, 0) is 0 Å². The lowest BCUT2D eigenvalue weighted by Crippen LogP contribution is -2.24. The number of nitrogens with one attached hydrogen (secondary N) is 1. The Hall–Kier alpha value is -1.16. The molecule has 4 heteroatoms. The Labute approximate surface area is 92.6 Å². The highest BCUT2D eigenvalue weighted by Crippen LogP contribution is 2.08. The minimum Gasteiger partial charge on any atom is -0.260 e. The number of anilines is 1. The van der Waals surface area contributed by atoms with Gasteiger partial charge in [0.1, 0.15) is 0 Å². The Balaban J connectivity index is 2.40. The maximum atomic E-state index is 4.14. The van der Waals surface area contributed by atoms with Crippen LogP contribution in [0.4, 0.5) is 5.69 Å². The van der Waals surface area contributed by atoms with E-state index >= 15 is 0 Å². The molecule has 0 atom stereocenters. The first kappa shape index (κ1) is 11.9. The van der Waals surface area contributed by atoms with Gasteiger partial charge in [-0.2, -0.15) is 5.11 Å². The molecule has 0 radical (unpaired) electrons. The third-order valence-electron chi connectivity index (χ3n) is 1.85. The van der Waals surface area contributed by atoms with Crippen molar-refractivity contribution >= 4 is 13.8 Å². The molecule has 0 aliphatic carbocycles. The summed E-state index contributed by atoms with van der Waals surface area (Å²) in [5.41, 5.74) is 5.16. The molecule has 1 aromatic carbocycles. The molecule has 0 fully saturated rings. The van der Waals surface area contributed by atoms with E-state index in [0.29, 0.717) is 0 Å². The Morgan fingerprint density at radius 2 is 1.73 bits per heavy atom. The highest BCUT2D eigenvalue weighted by atomic mass is 28.3. The van der Waals surface area contributed by atoms with Gasteiger partial charge in [0.2, 0.25) is 0 Å². The average molecular weight is 221 g/mol. The largest absolute Gasteiger partial charge is 0.260 e. The van der Waals surface area contributed by atoms with E-state index in [0.717, 1.165) is 11.9 Å². The summed E-state index contributed by atoms with van der Waals surface area (Å²) >= 11 is 0. The van der Waals surface area contributed by atoms with Crippen molar-refractivity contribution in [1.82, 2.24) is 0 Å². The monoisotopic (exact) mass is 221 g/mol. The molecule has 82 valence electrons. The van der Waals surface area contributed by atoms with E-state index in [9.17, 15) is 0 Å². The molecule has 0 bridgehead atoms. The van der Waals surface area contributed by atoms with Crippen molar-refractivity contribution in [3.8, 4) is 0 Å². The van der Waals surface area contributed by atoms with Crippen molar-refractivity contribution in [2.45, 2.75) is 26.6 Å². The van der Waals surface area contributed by atoms with Gasteiger partial charge in [0.05, 0.1) is 19.9 Å². The van der Waals surface area contributed by atoms with Gasteiger partial charge in [-0.3, -0.25) is 5.43 Å². The molecule has 3 nitrogen and oxygen atoms in total. The van der Waals surface area contributed by atoms with Gasteiger partial charge in [-0.15, -0.1) is 0 Å². The predicted molar refractivity (Wildman–Crippen MR) is 67.9 cm³/mol. The maximum absolute atomic E-state index is 4.14. The highest BCUT2D eigenvalue weighted by molar-refractivity contribution is 6.76. The SMILES string of the molecule is Cc1ccc(NN=NC[Si](C)(C)C)cc1. The van der Waals surface area contributed by atoms with Crippen molar-refractivity contribution in [2.24, 2.45) is 10.3 Å². The molecule has 1 N–H and O–H groups in total. The lowest BCUT2D eigenvalue weighted by Gasteiger charge is -2.09. The summed E-state index contributed by atoms with van der Waals surface area (Å²) in [6.45, 7) is 8.89. The predicted octanol–water partition coefficient (Wildman–Crippen LogP) is 3.65. The second kappa shape index (κ2) is 5.07. The van der Waals surface area contributed by atoms with Crippen molar-refractivity contribution in [3.05, 3.63) is 29.8 Å². The average Bonchev–Trinajstić information content (AvgIpc) is 2.14. The number of benzene rings is 1. The van der Waals surface area contributed by atoms with Crippen LogP contribution in [0.1, 0.15) is 5.56 Å². The Kier molecular flexibility index (Phi) is 4.02. The highest BCUT2D eigenvalue weighted by Gasteiger charge is 2.11. The number of hydrogen-bond donors (Lipinski definition) is 1. The first-order chi connectivity index (χ1) is 6.97. The second-order valence-corrected chi connectivity index (χ2v) is 10.4. The van der Waals surface area contributed by atoms with Crippen LogP contribution in [0.3, 0.4) is 0 Å². The fourth-order valence-corrected chi connectivity index (χ4v) is 1.46. The number of hydrogen-bond acceptors (Lipinski definition) is 2. The van der Waals surface area contributed by atoms with E-state index in [2.05, 4.69) is 54.5 Å². The van der Waals surface area contributed by atoms with Crippen LogP contribution in [0.25, 0.3) is 0 Å². The van der Waals surface area contributed by atoms with Crippen molar-refractivity contribution in [2.75, 3.05) is 11.6 Å². The molecule has 0 aliphatic heterocycles. The molecule has 0 heterocycles. The van der Waals surface area contributed by atoms with E-state index in [1.54, 1.807) is 0 Å². The maximum Gasteiger partial charge on any atom is 0.0717 e. The zero-order valence-corrected chi connectivity index (χ0v) is 10.9. The van der Waals surface area contributed by atoms with Crippen LogP contribution in [0.15, 0.2) is 34.6 Å². The van der Waals surface area contributed by atoms with E-state index in [1.807, 2.05) is 12.1 Å². The molecular formula is C11H19N3Si. The van der Waals surface area contributed by atoms with Gasteiger partial charge in [-0.05, 0) is 19.1 Å². The molecule has 0 saturated carbocycles. The summed E-state index contributed by atoms with van der Waals surface area (Å²) in [4.78, 5) is 0. The third kappa shape index (κ3) is 5.32. The Bertz CT molecular complexity index is 325. The molecule has 0 spiro atoms. The summed E-state index contributed by atoms with van der Waals surface area (Å²) in [6, 6.07) is 8.11. The molecule has 0 saturated heterocycles. The Morgan fingerprint density at radius 3 is 2.27 bits per heavy atom. The molecule has 0 unspecified atom stereocenters. The first-order valence-corrected chi connectivity index (χ1v) is 8.87. The number of rotatable bonds is 4. The van der Waals surface area contributed by atoms with Gasteiger partial charge in [0.25, 0.3) is 0 Å². The third-order valence-corrected chi connectivity index (χ3v) is 2.94. The molecule has 0 aromatic heterocycles. The molecule has 0 aliphatic rings. The smallest absolute Gasteiger partial charge is 0.0717 e. The van der Waals surface area contributed by atoms with Gasteiger partial charge in [0.15, 0.2) is 0 Å². The van der Waals surface area contributed by atoms with Crippen LogP contribution in [0.5, 0.6) is 0 Å². The standard InChI is InChI=1S/C11H19N3Si/c1-10-5-7-11(8-6-10)13-14-12-9-15(2,3)4/h5-8H,9H2,1-4H3,(H,12,13). The fourth-order valence-electron chi connectivity index (χ4n) is 0.969. The summed E-state index contributed by atoms with van der Waals surface area (Å²) in [6.07, 6.45) is 0.867. The van der Waals surface area contributed by atoms with Crippen LogP contribution in [0.2, 0.25) is 19.6 Å². The molecule has 0 amide bonds. The van der Waals surface area contributed by atoms with Gasteiger partial charge in [0, 0.05) is 0 Å². The normalized spacial score (nSPS) is 12.0. The second-order valence-electron chi connectivity index (χ2n) is 4.94. The van der Waals surface area contributed by atoms with Gasteiger partial charge < -0.3 is 0 Å². The van der Waals surface area contributed by atoms with Gasteiger partial charge in [-0.25, -0.2) is 0 Å². The fraction of sp³-hybridized carbons (Fsp3) is 0.455. The quantitative estimate of drug-likeness (QED) is 0.470. The van der Waals surface area contributed by atoms with E-state index in [-0.39, 0.29) is 0 Å². The summed E-state index contributed by atoms with van der Waals surface area (Å²) in [7, 11) is -1.10. The molecule has 1 aromatic rings. The molecule has 1 rings (SSSR count). The minimum absolute atomic E-state index is 0.867. The summed E-state index contributed by atoms with van der Waals surface area (Å²) in [5, 5.41) is 8.10. The van der Waals surface area contributed by atoms with Gasteiger partial charge >= 0.3 is 0 Å². The number of aryl methyl sites for hydroxylation is 1. The summed E-state index contributed by atoms with van der Waals surface area (Å²) in [5.74, 6) is 0. The van der Waals surface area contributed by atoms with Crippen LogP contribution < -0.4 is 5.43 Å². The zero-order valence-electron chi connectivity index (χ0n) is 9.91. The minimum atomic E-state index is -1.10. The van der Waals surface area contributed by atoms with Gasteiger partial charge in [-0.1, -0.05) is 42.6 Å². The van der Waals surface area contributed by atoms with Crippen LogP contribution in [0, 0.1) is 6.92 Å². The lowest BCUT2D eigenvalue weighted by molar-refractivity contribution is 1.03. The van der Waals surface area contributed by atoms with Crippen molar-refractivity contribution in [1.29, 1.82) is 0 Å². The number of nitrogens with zero attached hydrogens (tertiary/aromatic N) is 2. The first-order valence-electron chi connectivity index (χ1n) is 5.16. The van der Waals surface area contributed by atoms with E-state index < -0.39 is 8.07 Å². The van der Waals surface area contributed by atoms with Crippen LogP contribution >= 0.6 is 0 Å². The van der Waals surface area contributed by atoms with E-state index in [4.69, 9.17) is 0 Å². The lowest BCUT2D eigenvalue weighted by atomic mass is 10.2. The van der Waals surface area contributed by atoms with Crippen molar-refractivity contribution in [3.63, 3.8) is 0 Å². The Morgan fingerprint density at radius 1 is 1.13 bits per heavy atom. The van der Waals surface area contributed by atoms with E-state index in [1.165, 1.54) is 5.56 Å². The van der Waals surface area contributed by atoms with Crippen LogP contribution in [-0.4, -0.2) is 14.2 Å². The summed E-state index contributed by atoms with van der Waals surface area (Å²) < 4.78 is 0.